The van der Waals surface area contributed by atoms with Crippen LogP contribution in [0.2, 0.25) is 0 Å². The highest BCUT2D eigenvalue weighted by Crippen LogP contribution is 2.30. The van der Waals surface area contributed by atoms with Crippen molar-refractivity contribution in [3.63, 3.8) is 0 Å². The minimum atomic E-state index is 0.00231. The summed E-state index contributed by atoms with van der Waals surface area (Å²) in [6, 6.07) is 9.69. The van der Waals surface area contributed by atoms with Crippen molar-refractivity contribution in [3.05, 3.63) is 46.9 Å². The zero-order valence-corrected chi connectivity index (χ0v) is 13.3. The van der Waals surface area contributed by atoms with Gasteiger partial charge in [-0.1, -0.05) is 18.2 Å². The van der Waals surface area contributed by atoms with Gasteiger partial charge in [0.15, 0.2) is 0 Å². The van der Waals surface area contributed by atoms with Crippen LogP contribution in [-0.4, -0.2) is 36.0 Å². The molecule has 0 N–H and O–H groups in total. The summed E-state index contributed by atoms with van der Waals surface area (Å²) in [4.78, 5) is 17.7. The zero-order valence-electron chi connectivity index (χ0n) is 13.3. The second kappa shape index (κ2) is 6.07. The zero-order chi connectivity index (χ0) is 15.6. The minimum absolute atomic E-state index is 0.00231. The number of benzene rings is 1. The van der Waals surface area contributed by atoms with Crippen LogP contribution in [0.5, 0.6) is 0 Å². The van der Waals surface area contributed by atoms with Crippen molar-refractivity contribution in [1.82, 2.24) is 9.78 Å². The number of nitrogens with zero attached hydrogens (tertiary/aromatic N) is 4. The van der Waals surface area contributed by atoms with Crippen LogP contribution < -0.4 is 15.4 Å². The van der Waals surface area contributed by atoms with Crippen LogP contribution in [0.25, 0.3) is 5.69 Å². The predicted octanol–water partition coefficient (Wildman–Crippen LogP) is 2.43. The number of anilines is 2. The summed E-state index contributed by atoms with van der Waals surface area (Å²) in [6.45, 7) is 3.98. The highest BCUT2D eigenvalue weighted by Gasteiger charge is 2.25. The normalized spacial score (nSPS) is 17.9. The summed E-state index contributed by atoms with van der Waals surface area (Å²) in [7, 11) is 0. The van der Waals surface area contributed by atoms with Crippen LogP contribution in [0.1, 0.15) is 25.7 Å². The first-order valence-electron chi connectivity index (χ1n) is 8.52. The smallest absolute Gasteiger partial charge is 0.297 e. The molecule has 2 aliphatic heterocycles. The molecule has 0 spiro atoms. The Kier molecular flexibility index (Phi) is 3.77. The van der Waals surface area contributed by atoms with Crippen LogP contribution in [0.4, 0.5) is 11.4 Å². The van der Waals surface area contributed by atoms with Crippen LogP contribution in [0, 0.1) is 0 Å². The number of hydrogen-bond donors (Lipinski definition) is 0. The van der Waals surface area contributed by atoms with Gasteiger partial charge in [0, 0.05) is 26.2 Å². The Morgan fingerprint density at radius 3 is 2.09 bits per heavy atom. The molecule has 3 heterocycles. The van der Waals surface area contributed by atoms with Gasteiger partial charge >= 0.3 is 0 Å². The summed E-state index contributed by atoms with van der Waals surface area (Å²) < 4.78 is 1.53. The van der Waals surface area contributed by atoms with Gasteiger partial charge in [-0.25, -0.2) is 0 Å². The van der Waals surface area contributed by atoms with Gasteiger partial charge < -0.3 is 9.80 Å². The highest BCUT2D eigenvalue weighted by molar-refractivity contribution is 5.70. The van der Waals surface area contributed by atoms with E-state index in [1.807, 2.05) is 36.5 Å². The molecule has 120 valence electrons. The molecule has 0 unspecified atom stereocenters. The van der Waals surface area contributed by atoms with Crippen molar-refractivity contribution < 1.29 is 0 Å². The van der Waals surface area contributed by atoms with E-state index in [0.717, 1.165) is 56.1 Å². The summed E-state index contributed by atoms with van der Waals surface area (Å²) in [6.07, 6.45) is 6.59. The lowest BCUT2D eigenvalue weighted by Crippen LogP contribution is -2.34. The third kappa shape index (κ3) is 2.60. The van der Waals surface area contributed by atoms with Crippen molar-refractivity contribution in [1.29, 1.82) is 0 Å². The molecule has 0 bridgehead atoms. The Morgan fingerprint density at radius 2 is 1.43 bits per heavy atom. The van der Waals surface area contributed by atoms with Crippen LogP contribution >= 0.6 is 0 Å². The molecule has 4 rings (SSSR count). The van der Waals surface area contributed by atoms with Crippen LogP contribution in [0.3, 0.4) is 0 Å². The van der Waals surface area contributed by atoms with Gasteiger partial charge in [0.25, 0.3) is 5.56 Å². The van der Waals surface area contributed by atoms with Crippen molar-refractivity contribution in [2.75, 3.05) is 36.0 Å². The number of hydrogen-bond acceptors (Lipinski definition) is 4. The fraction of sp³-hybridized carbons (Fsp3) is 0.444. The van der Waals surface area contributed by atoms with E-state index in [4.69, 9.17) is 0 Å². The molecule has 1 aromatic heterocycles. The summed E-state index contributed by atoms with van der Waals surface area (Å²) in [5.74, 6) is 0. The van der Waals surface area contributed by atoms with Crippen molar-refractivity contribution in [2.45, 2.75) is 25.7 Å². The van der Waals surface area contributed by atoms with Gasteiger partial charge in [-0.3, -0.25) is 4.79 Å². The van der Waals surface area contributed by atoms with Crippen molar-refractivity contribution in [3.8, 4) is 5.69 Å². The number of aromatic nitrogens is 2. The Hall–Kier alpha value is -2.30. The maximum Gasteiger partial charge on any atom is 0.297 e. The van der Waals surface area contributed by atoms with Gasteiger partial charge in [-0.2, -0.15) is 9.78 Å². The van der Waals surface area contributed by atoms with E-state index in [1.54, 1.807) is 0 Å². The minimum Gasteiger partial charge on any atom is -0.368 e. The van der Waals surface area contributed by atoms with Crippen molar-refractivity contribution in [2.24, 2.45) is 0 Å². The lowest BCUT2D eigenvalue weighted by atomic mass is 10.3. The molecule has 1 aromatic carbocycles. The van der Waals surface area contributed by atoms with Gasteiger partial charge in [0.05, 0.1) is 17.6 Å². The molecule has 0 saturated carbocycles. The average molecular weight is 310 g/mol. The third-order valence-corrected chi connectivity index (χ3v) is 4.80. The van der Waals surface area contributed by atoms with E-state index in [-0.39, 0.29) is 5.56 Å². The molecule has 23 heavy (non-hydrogen) atoms. The summed E-state index contributed by atoms with van der Waals surface area (Å²) in [5.41, 5.74) is 2.68. The maximum atomic E-state index is 13.2. The van der Waals surface area contributed by atoms with Crippen LogP contribution in [0.15, 0.2) is 41.3 Å². The molecule has 2 aliphatic rings. The highest BCUT2D eigenvalue weighted by atomic mass is 16.1. The molecular weight excluding hydrogens is 288 g/mol. The van der Waals surface area contributed by atoms with Crippen molar-refractivity contribution >= 4 is 11.4 Å². The van der Waals surface area contributed by atoms with Gasteiger partial charge in [0.2, 0.25) is 0 Å². The molecule has 0 radical (unpaired) electrons. The Bertz CT molecular complexity index is 728. The lowest BCUT2D eigenvalue weighted by Gasteiger charge is -2.26. The third-order valence-electron chi connectivity index (χ3n) is 4.80. The Balaban J connectivity index is 1.85. The monoisotopic (exact) mass is 310 g/mol. The van der Waals surface area contributed by atoms with Gasteiger partial charge in [0.1, 0.15) is 5.69 Å². The first-order valence-corrected chi connectivity index (χ1v) is 8.52. The topological polar surface area (TPSA) is 41.4 Å². The predicted molar refractivity (Wildman–Crippen MR) is 92.7 cm³/mol. The Morgan fingerprint density at radius 1 is 0.826 bits per heavy atom. The molecular formula is C18H22N4O. The largest absolute Gasteiger partial charge is 0.368 e. The van der Waals surface area contributed by atoms with E-state index in [0.29, 0.717) is 0 Å². The second-order valence-electron chi connectivity index (χ2n) is 6.32. The average Bonchev–Trinajstić information content (AvgIpc) is 3.29. The molecule has 5 heteroatoms. The molecule has 5 nitrogen and oxygen atoms in total. The fourth-order valence-corrected chi connectivity index (χ4v) is 3.62. The Labute approximate surface area is 136 Å². The first kappa shape index (κ1) is 14.3. The number of rotatable bonds is 3. The quantitative estimate of drug-likeness (QED) is 0.873. The molecule has 0 atom stereocenters. The fourth-order valence-electron chi connectivity index (χ4n) is 3.62. The van der Waals surface area contributed by atoms with E-state index in [2.05, 4.69) is 14.9 Å². The summed E-state index contributed by atoms with van der Waals surface area (Å²) >= 11 is 0. The van der Waals surface area contributed by atoms with E-state index >= 15 is 0 Å². The standard InChI is InChI=1S/C18H22N4O/c23-18-17(21-12-6-7-13-21)16(20-10-4-5-11-20)14-19-22(18)15-8-2-1-3-9-15/h1-3,8-9,14H,4-7,10-13H2. The number of para-hydroxylation sites is 1. The van der Waals surface area contributed by atoms with Crippen LogP contribution in [-0.2, 0) is 0 Å². The molecule has 0 amide bonds. The summed E-state index contributed by atoms with van der Waals surface area (Å²) in [5, 5.41) is 4.46. The van der Waals surface area contributed by atoms with E-state index in [9.17, 15) is 4.79 Å². The lowest BCUT2D eigenvalue weighted by molar-refractivity contribution is 0.782. The molecule has 2 aromatic rings. The molecule has 2 saturated heterocycles. The molecule has 2 fully saturated rings. The SMILES string of the molecule is O=c1c(N2CCCC2)c(N2CCCC2)cnn1-c1ccccc1. The van der Waals surface area contributed by atoms with Gasteiger partial charge in [-0.15, -0.1) is 0 Å². The van der Waals surface area contributed by atoms with Gasteiger partial charge in [-0.05, 0) is 37.8 Å². The second-order valence-corrected chi connectivity index (χ2v) is 6.32. The maximum absolute atomic E-state index is 13.2. The molecule has 0 aliphatic carbocycles. The van der Waals surface area contributed by atoms with E-state index < -0.39 is 0 Å². The van der Waals surface area contributed by atoms with E-state index in [1.165, 1.54) is 17.5 Å². The first-order chi connectivity index (χ1) is 11.3.